The Hall–Kier alpha value is -2.59. The maximum atomic E-state index is 13.6. The number of halogens is 1. The van der Waals surface area contributed by atoms with E-state index in [1.54, 1.807) is 18.1 Å². The van der Waals surface area contributed by atoms with Crippen molar-refractivity contribution in [3.63, 3.8) is 0 Å². The highest BCUT2D eigenvalue weighted by Crippen LogP contribution is 2.27. The Balaban J connectivity index is 1.42. The van der Waals surface area contributed by atoms with Gasteiger partial charge in [-0.3, -0.25) is 14.5 Å². The number of benzene rings is 1. The summed E-state index contributed by atoms with van der Waals surface area (Å²) in [6.45, 7) is 9.16. The molecule has 0 bridgehead atoms. The van der Waals surface area contributed by atoms with Crippen LogP contribution in [0.15, 0.2) is 18.2 Å². The Morgan fingerprint density at radius 1 is 1.16 bits per heavy atom. The van der Waals surface area contributed by atoms with Gasteiger partial charge < -0.3 is 15.0 Å². The second-order valence-corrected chi connectivity index (χ2v) is 9.80. The summed E-state index contributed by atoms with van der Waals surface area (Å²) in [4.78, 5) is 28.7. The van der Waals surface area contributed by atoms with E-state index in [2.05, 4.69) is 20.4 Å². The molecule has 1 aromatic heterocycles. The smallest absolute Gasteiger partial charge is 0.226 e. The molecule has 1 N–H and O–H groups in total. The number of ether oxygens (including phenoxy) is 1. The minimum atomic E-state index is -0.295. The highest BCUT2D eigenvalue weighted by Gasteiger charge is 2.23. The van der Waals surface area contributed by atoms with Crippen LogP contribution in [0.4, 0.5) is 9.52 Å². The van der Waals surface area contributed by atoms with Crippen molar-refractivity contribution in [3.05, 3.63) is 34.6 Å². The Morgan fingerprint density at radius 2 is 1.88 bits per heavy atom. The largest absolute Gasteiger partial charge is 0.496 e. The Bertz CT molecular complexity index is 951. The minimum absolute atomic E-state index is 0.0456. The fourth-order valence-corrected chi connectivity index (χ4v) is 4.22. The maximum Gasteiger partial charge on any atom is 0.226 e. The van der Waals surface area contributed by atoms with Crippen LogP contribution in [0.3, 0.4) is 0 Å². The van der Waals surface area contributed by atoms with E-state index in [1.165, 1.54) is 23.5 Å². The number of nitrogens with one attached hydrogen (secondary N) is 1. The number of rotatable bonds is 7. The van der Waals surface area contributed by atoms with Crippen LogP contribution in [-0.2, 0) is 21.5 Å². The van der Waals surface area contributed by atoms with E-state index in [0.717, 1.165) is 10.6 Å². The van der Waals surface area contributed by atoms with Crippen molar-refractivity contribution in [2.75, 3.05) is 38.6 Å². The monoisotopic (exact) mass is 463 g/mol. The molecule has 174 valence electrons. The van der Waals surface area contributed by atoms with Crippen LogP contribution in [-0.4, -0.2) is 65.1 Å². The average molecular weight is 464 g/mol. The summed E-state index contributed by atoms with van der Waals surface area (Å²) < 4.78 is 18.9. The number of hydrogen-bond acceptors (Lipinski definition) is 7. The molecule has 2 aromatic rings. The molecule has 0 saturated carbocycles. The second kappa shape index (κ2) is 10.4. The average Bonchev–Trinajstić information content (AvgIpc) is 3.22. The molecule has 32 heavy (non-hydrogen) atoms. The van der Waals surface area contributed by atoms with E-state index < -0.39 is 0 Å². The predicted octanol–water partition coefficient (Wildman–Crippen LogP) is 3.05. The Labute approximate surface area is 191 Å². The lowest BCUT2D eigenvalue weighted by Crippen LogP contribution is -2.48. The highest BCUT2D eigenvalue weighted by atomic mass is 32.1. The van der Waals surface area contributed by atoms with E-state index in [1.807, 2.05) is 20.8 Å². The van der Waals surface area contributed by atoms with Crippen LogP contribution in [0, 0.1) is 5.82 Å². The fraction of sp³-hybridized carbons (Fsp3) is 0.545. The van der Waals surface area contributed by atoms with E-state index in [4.69, 9.17) is 4.74 Å². The molecule has 0 unspecified atom stereocenters. The molecule has 1 saturated heterocycles. The molecule has 1 aliphatic rings. The third kappa shape index (κ3) is 6.46. The number of piperazine rings is 1. The molecule has 2 amide bonds. The molecule has 1 aromatic carbocycles. The summed E-state index contributed by atoms with van der Waals surface area (Å²) in [5.74, 6) is 0.0691. The summed E-state index contributed by atoms with van der Waals surface area (Å²) >= 11 is 1.35. The van der Waals surface area contributed by atoms with Gasteiger partial charge in [-0.1, -0.05) is 32.1 Å². The Kier molecular flexibility index (Phi) is 7.78. The third-order valence-electron chi connectivity index (χ3n) is 5.24. The lowest BCUT2D eigenvalue weighted by atomic mass is 9.98. The molecule has 10 heteroatoms. The summed E-state index contributed by atoms with van der Waals surface area (Å²) in [5, 5.41) is 12.1. The number of aromatic nitrogens is 2. The minimum Gasteiger partial charge on any atom is -0.496 e. The van der Waals surface area contributed by atoms with Crippen LogP contribution in [0.2, 0.25) is 0 Å². The first-order valence-electron chi connectivity index (χ1n) is 10.6. The van der Waals surface area contributed by atoms with E-state index in [-0.39, 0.29) is 35.9 Å². The van der Waals surface area contributed by atoms with Gasteiger partial charge >= 0.3 is 0 Å². The van der Waals surface area contributed by atoms with Crippen molar-refractivity contribution in [1.82, 2.24) is 20.0 Å². The second-order valence-electron chi connectivity index (χ2n) is 8.82. The zero-order valence-corrected chi connectivity index (χ0v) is 19.8. The molecule has 3 rings (SSSR count). The van der Waals surface area contributed by atoms with Crippen molar-refractivity contribution >= 4 is 28.3 Å². The van der Waals surface area contributed by atoms with Gasteiger partial charge in [-0.05, 0) is 18.2 Å². The van der Waals surface area contributed by atoms with Crippen molar-refractivity contribution in [3.8, 4) is 5.75 Å². The molecule has 0 aliphatic carbocycles. The molecule has 0 spiro atoms. The van der Waals surface area contributed by atoms with Crippen molar-refractivity contribution in [2.45, 2.75) is 45.6 Å². The lowest BCUT2D eigenvalue weighted by molar-refractivity contribution is -0.134. The van der Waals surface area contributed by atoms with Crippen LogP contribution >= 0.6 is 11.3 Å². The number of hydrogen-bond donors (Lipinski definition) is 1. The highest BCUT2D eigenvalue weighted by molar-refractivity contribution is 7.15. The van der Waals surface area contributed by atoms with Gasteiger partial charge in [-0.15, -0.1) is 10.2 Å². The first-order chi connectivity index (χ1) is 15.2. The maximum absolute atomic E-state index is 13.6. The lowest BCUT2D eigenvalue weighted by Gasteiger charge is -2.35. The van der Waals surface area contributed by atoms with Gasteiger partial charge in [0.15, 0.2) is 0 Å². The van der Waals surface area contributed by atoms with E-state index >= 15 is 0 Å². The van der Waals surface area contributed by atoms with Gasteiger partial charge in [0.2, 0.25) is 16.9 Å². The summed E-state index contributed by atoms with van der Waals surface area (Å²) in [5.41, 5.74) is 0.661. The molecular weight excluding hydrogens is 433 g/mol. The number of carbonyl (C=O) groups excluding carboxylic acids is 2. The van der Waals surface area contributed by atoms with Gasteiger partial charge in [0, 0.05) is 56.5 Å². The molecule has 1 aliphatic heterocycles. The number of anilines is 1. The van der Waals surface area contributed by atoms with Crippen LogP contribution in [0.5, 0.6) is 5.75 Å². The van der Waals surface area contributed by atoms with Gasteiger partial charge in [-0.25, -0.2) is 4.39 Å². The van der Waals surface area contributed by atoms with Gasteiger partial charge in [0.25, 0.3) is 0 Å². The van der Waals surface area contributed by atoms with Crippen molar-refractivity contribution < 1.29 is 18.7 Å². The van der Waals surface area contributed by atoms with Gasteiger partial charge in [0.05, 0.1) is 7.11 Å². The van der Waals surface area contributed by atoms with E-state index in [0.29, 0.717) is 43.6 Å². The number of nitrogens with zero attached hydrogens (tertiary/aromatic N) is 4. The molecular formula is C22H30FN5O3S. The number of amides is 2. The Morgan fingerprint density at radius 3 is 2.50 bits per heavy atom. The van der Waals surface area contributed by atoms with Crippen LogP contribution in [0.25, 0.3) is 0 Å². The van der Waals surface area contributed by atoms with Crippen molar-refractivity contribution in [2.24, 2.45) is 0 Å². The summed E-state index contributed by atoms with van der Waals surface area (Å²) in [6, 6.07) is 4.49. The third-order valence-corrected chi connectivity index (χ3v) is 6.50. The molecule has 8 nitrogen and oxygen atoms in total. The zero-order valence-electron chi connectivity index (χ0n) is 19.0. The SMILES string of the molecule is COc1ccc(F)cc1CN1CCN(C(=O)CCC(=O)Nc2nnc(C(C)(C)C)s2)CC1. The van der Waals surface area contributed by atoms with Crippen LogP contribution in [0.1, 0.15) is 44.2 Å². The van der Waals surface area contributed by atoms with Crippen molar-refractivity contribution in [1.29, 1.82) is 0 Å². The van der Waals surface area contributed by atoms with Gasteiger partial charge in [-0.2, -0.15) is 0 Å². The molecule has 0 atom stereocenters. The molecule has 0 radical (unpaired) electrons. The number of methoxy groups -OCH3 is 1. The number of carbonyl (C=O) groups is 2. The van der Waals surface area contributed by atoms with Gasteiger partial charge in [0.1, 0.15) is 16.6 Å². The first kappa shape index (κ1) is 24.1. The quantitative estimate of drug-likeness (QED) is 0.679. The fourth-order valence-electron chi connectivity index (χ4n) is 3.40. The summed E-state index contributed by atoms with van der Waals surface area (Å²) in [6.07, 6.45) is 0.248. The summed E-state index contributed by atoms with van der Waals surface area (Å²) in [7, 11) is 1.57. The topological polar surface area (TPSA) is 87.7 Å². The molecule has 2 heterocycles. The predicted molar refractivity (Wildman–Crippen MR) is 121 cm³/mol. The van der Waals surface area contributed by atoms with Crippen LogP contribution < -0.4 is 10.1 Å². The zero-order chi connectivity index (χ0) is 23.3. The molecule has 1 fully saturated rings. The standard InChI is InChI=1S/C22H30FN5O3S/c1-22(2,3)20-25-26-21(32-20)24-18(29)7-8-19(30)28-11-9-27(10-12-28)14-15-13-16(23)5-6-17(15)31-4/h5-6,13H,7-12,14H2,1-4H3,(H,24,26,29). The first-order valence-corrected chi connectivity index (χ1v) is 11.4. The van der Waals surface area contributed by atoms with E-state index in [9.17, 15) is 14.0 Å². The normalized spacial score (nSPS) is 15.0.